The number of hydrogen-bond acceptors (Lipinski definition) is 5. The second kappa shape index (κ2) is 4.31. The quantitative estimate of drug-likeness (QED) is 0.653. The first kappa shape index (κ1) is 10.6. The number of nitrogens with one attached hydrogen (secondary N) is 1. The molecule has 0 aliphatic rings. The summed E-state index contributed by atoms with van der Waals surface area (Å²) in [5.41, 5.74) is 0. The van der Waals surface area contributed by atoms with Gasteiger partial charge in [0.2, 0.25) is 12.1 Å². The second-order valence-electron chi connectivity index (χ2n) is 3.22. The molecule has 0 unspecified atom stereocenters. The normalized spacial score (nSPS) is 10.3. The molecular formula is C9H10N4O2S. The summed E-state index contributed by atoms with van der Waals surface area (Å²) in [7, 11) is 1.72. The Morgan fingerprint density at radius 3 is 3.12 bits per heavy atom. The fourth-order valence-electron chi connectivity index (χ4n) is 1.34. The Morgan fingerprint density at radius 2 is 2.50 bits per heavy atom. The molecule has 0 aromatic carbocycles. The molecule has 0 radical (unpaired) electrons. The van der Waals surface area contributed by atoms with Crippen LogP contribution in [0.5, 0.6) is 0 Å². The molecule has 0 bridgehead atoms. The van der Waals surface area contributed by atoms with Gasteiger partial charge in [-0.05, 0) is 21.4 Å². The molecule has 0 aliphatic heterocycles. The number of hydrogen-bond donors (Lipinski definition) is 1. The molecule has 0 aliphatic carbocycles. The van der Waals surface area contributed by atoms with E-state index in [0.717, 1.165) is 4.88 Å². The van der Waals surface area contributed by atoms with Gasteiger partial charge in [-0.3, -0.25) is 4.57 Å². The highest BCUT2D eigenvalue weighted by Gasteiger charge is 2.19. The average molecular weight is 238 g/mol. The lowest BCUT2D eigenvalue weighted by Gasteiger charge is -2.04. The van der Waals surface area contributed by atoms with Crippen LogP contribution in [-0.2, 0) is 13.6 Å². The molecule has 7 heteroatoms. The summed E-state index contributed by atoms with van der Waals surface area (Å²) in [6.07, 6.45) is 1.43. The molecule has 2 aromatic heterocycles. The molecule has 1 N–H and O–H groups in total. The van der Waals surface area contributed by atoms with Gasteiger partial charge in [-0.2, -0.15) is 0 Å². The molecule has 2 heterocycles. The number of nitro groups is 1. The first-order valence-corrected chi connectivity index (χ1v) is 5.48. The molecule has 84 valence electrons. The maximum Gasteiger partial charge on any atom is 0.406 e. The molecular weight excluding hydrogens is 228 g/mol. The number of rotatable bonds is 4. The van der Waals surface area contributed by atoms with Gasteiger partial charge >= 0.3 is 5.82 Å². The summed E-state index contributed by atoms with van der Waals surface area (Å²) in [6, 6.07) is 3.92. The van der Waals surface area contributed by atoms with Gasteiger partial charge in [0.15, 0.2) is 0 Å². The van der Waals surface area contributed by atoms with Crippen LogP contribution < -0.4 is 5.32 Å². The van der Waals surface area contributed by atoms with Crippen LogP contribution in [0.1, 0.15) is 4.88 Å². The average Bonchev–Trinajstić information content (AvgIpc) is 2.84. The SMILES string of the molecule is Cn1cnc([N+](=O)[O-])c1NCc1cccs1. The van der Waals surface area contributed by atoms with Crippen molar-refractivity contribution in [3.8, 4) is 0 Å². The Bertz CT molecular complexity index is 492. The van der Waals surface area contributed by atoms with Crippen molar-refractivity contribution in [2.45, 2.75) is 6.54 Å². The standard InChI is InChI=1S/C9H10N4O2S/c1-12-6-11-9(13(14)15)8(12)10-5-7-3-2-4-16-7/h2-4,6,10H,5H2,1H3. The summed E-state index contributed by atoms with van der Waals surface area (Å²) in [5.74, 6) is 0.289. The van der Waals surface area contributed by atoms with Gasteiger partial charge in [-0.1, -0.05) is 6.07 Å². The van der Waals surface area contributed by atoms with Crippen LogP contribution in [0.15, 0.2) is 23.8 Å². The minimum atomic E-state index is -0.489. The number of nitrogens with zero attached hydrogens (tertiary/aromatic N) is 3. The highest BCUT2D eigenvalue weighted by atomic mass is 32.1. The maximum absolute atomic E-state index is 10.7. The Balaban J connectivity index is 2.14. The van der Waals surface area contributed by atoms with Crippen LogP contribution in [0, 0.1) is 10.1 Å². The van der Waals surface area contributed by atoms with Crippen LogP contribution >= 0.6 is 11.3 Å². The lowest BCUT2D eigenvalue weighted by molar-refractivity contribution is -0.388. The third-order valence-electron chi connectivity index (χ3n) is 2.10. The van der Waals surface area contributed by atoms with Crippen molar-refractivity contribution in [2.24, 2.45) is 7.05 Å². The van der Waals surface area contributed by atoms with Gasteiger partial charge in [0.25, 0.3) is 0 Å². The maximum atomic E-state index is 10.7. The first-order valence-electron chi connectivity index (χ1n) is 4.60. The van der Waals surface area contributed by atoms with Crippen molar-refractivity contribution in [2.75, 3.05) is 5.32 Å². The van der Waals surface area contributed by atoms with Crippen LogP contribution in [0.4, 0.5) is 11.6 Å². The van der Waals surface area contributed by atoms with E-state index < -0.39 is 4.92 Å². The summed E-state index contributed by atoms with van der Waals surface area (Å²) in [6.45, 7) is 0.567. The molecule has 2 aromatic rings. The zero-order chi connectivity index (χ0) is 11.5. The summed E-state index contributed by atoms with van der Waals surface area (Å²) in [4.78, 5) is 15.0. The molecule has 0 fully saturated rings. The molecule has 0 amide bonds. The Kier molecular flexibility index (Phi) is 2.86. The van der Waals surface area contributed by atoms with Gasteiger partial charge in [0.05, 0.1) is 6.54 Å². The molecule has 6 nitrogen and oxygen atoms in total. The van der Waals surface area contributed by atoms with Gasteiger partial charge in [-0.15, -0.1) is 11.3 Å². The summed E-state index contributed by atoms with van der Waals surface area (Å²) >= 11 is 1.60. The minimum Gasteiger partial charge on any atom is -0.359 e. The van der Waals surface area contributed by atoms with E-state index in [0.29, 0.717) is 12.4 Å². The molecule has 16 heavy (non-hydrogen) atoms. The van der Waals surface area contributed by atoms with E-state index in [1.807, 2.05) is 17.5 Å². The lowest BCUT2D eigenvalue weighted by atomic mass is 10.4. The highest BCUT2D eigenvalue weighted by molar-refractivity contribution is 7.09. The third-order valence-corrected chi connectivity index (χ3v) is 2.98. The number of aromatic nitrogens is 2. The Labute approximate surface area is 95.7 Å². The summed E-state index contributed by atoms with van der Waals surface area (Å²) < 4.78 is 1.60. The highest BCUT2D eigenvalue weighted by Crippen LogP contribution is 2.22. The van der Waals surface area contributed by atoms with Crippen molar-refractivity contribution in [3.05, 3.63) is 38.8 Å². The predicted molar refractivity (Wildman–Crippen MR) is 61.5 cm³/mol. The fraction of sp³-hybridized carbons (Fsp3) is 0.222. The van der Waals surface area contributed by atoms with E-state index in [1.165, 1.54) is 6.33 Å². The smallest absolute Gasteiger partial charge is 0.359 e. The lowest BCUT2D eigenvalue weighted by Crippen LogP contribution is -2.04. The number of anilines is 1. The molecule has 0 saturated heterocycles. The first-order chi connectivity index (χ1) is 7.68. The van der Waals surface area contributed by atoms with Crippen LogP contribution in [0.2, 0.25) is 0 Å². The summed E-state index contributed by atoms with van der Waals surface area (Å²) in [5, 5.41) is 15.7. The zero-order valence-electron chi connectivity index (χ0n) is 8.58. The van der Waals surface area contributed by atoms with Gasteiger partial charge in [0, 0.05) is 11.9 Å². The molecule has 2 rings (SSSR count). The van der Waals surface area contributed by atoms with Crippen molar-refractivity contribution < 1.29 is 4.92 Å². The fourth-order valence-corrected chi connectivity index (χ4v) is 1.98. The van der Waals surface area contributed by atoms with Crippen molar-refractivity contribution in [1.82, 2.24) is 9.55 Å². The van der Waals surface area contributed by atoms with Crippen molar-refractivity contribution >= 4 is 23.0 Å². The third kappa shape index (κ3) is 2.03. The van der Waals surface area contributed by atoms with Crippen molar-refractivity contribution in [1.29, 1.82) is 0 Å². The van der Waals surface area contributed by atoms with Gasteiger partial charge in [0.1, 0.15) is 0 Å². The van der Waals surface area contributed by atoms with E-state index in [9.17, 15) is 10.1 Å². The van der Waals surface area contributed by atoms with E-state index in [4.69, 9.17) is 0 Å². The molecule has 0 spiro atoms. The minimum absolute atomic E-state index is 0.140. The predicted octanol–water partition coefficient (Wildman–Crippen LogP) is 2.00. The largest absolute Gasteiger partial charge is 0.406 e. The van der Waals surface area contributed by atoms with Crippen LogP contribution in [0.3, 0.4) is 0 Å². The van der Waals surface area contributed by atoms with Crippen molar-refractivity contribution in [3.63, 3.8) is 0 Å². The zero-order valence-corrected chi connectivity index (χ0v) is 9.40. The monoisotopic (exact) mass is 238 g/mol. The van der Waals surface area contributed by atoms with E-state index in [-0.39, 0.29) is 5.82 Å². The molecule has 0 atom stereocenters. The van der Waals surface area contributed by atoms with Crippen LogP contribution in [-0.4, -0.2) is 14.5 Å². The van der Waals surface area contributed by atoms with E-state index in [1.54, 1.807) is 23.0 Å². The Morgan fingerprint density at radius 1 is 1.69 bits per heavy atom. The number of thiophene rings is 1. The van der Waals surface area contributed by atoms with E-state index >= 15 is 0 Å². The second-order valence-corrected chi connectivity index (χ2v) is 4.25. The van der Waals surface area contributed by atoms with Gasteiger partial charge in [-0.25, -0.2) is 0 Å². The number of imidazole rings is 1. The Hall–Kier alpha value is -1.89. The number of aryl methyl sites for hydroxylation is 1. The topological polar surface area (TPSA) is 73.0 Å². The van der Waals surface area contributed by atoms with E-state index in [2.05, 4.69) is 10.3 Å². The van der Waals surface area contributed by atoms with Gasteiger partial charge < -0.3 is 15.4 Å². The van der Waals surface area contributed by atoms with Crippen LogP contribution in [0.25, 0.3) is 0 Å². The molecule has 0 saturated carbocycles.